The van der Waals surface area contributed by atoms with Crippen molar-refractivity contribution in [3.63, 3.8) is 0 Å². The fraction of sp³-hybridized carbons (Fsp3) is 0.286. The van der Waals surface area contributed by atoms with Crippen molar-refractivity contribution >= 4 is 50.7 Å². The smallest absolute Gasteiger partial charge is 0.264 e. The molecule has 2 amide bonds. The van der Waals surface area contributed by atoms with Crippen molar-refractivity contribution in [3.05, 3.63) is 94.0 Å². The Bertz CT molecular complexity index is 1370. The van der Waals surface area contributed by atoms with Crippen LogP contribution in [0.2, 0.25) is 10.0 Å². The van der Waals surface area contributed by atoms with Gasteiger partial charge in [-0.25, -0.2) is 8.42 Å². The van der Waals surface area contributed by atoms with Gasteiger partial charge >= 0.3 is 0 Å². The van der Waals surface area contributed by atoms with Crippen LogP contribution in [0, 0.1) is 6.92 Å². The molecular formula is C28H31Cl2N3O4S. The molecule has 0 fully saturated rings. The number of nitrogens with one attached hydrogen (secondary N) is 1. The van der Waals surface area contributed by atoms with Crippen LogP contribution in [0.4, 0.5) is 5.69 Å². The predicted octanol–water partition coefficient (Wildman–Crippen LogP) is 5.09. The summed E-state index contributed by atoms with van der Waals surface area (Å²) in [4.78, 5) is 27.9. The van der Waals surface area contributed by atoms with Gasteiger partial charge in [0.2, 0.25) is 11.8 Å². The lowest BCUT2D eigenvalue weighted by atomic mass is 10.1. The van der Waals surface area contributed by atoms with Crippen molar-refractivity contribution in [1.82, 2.24) is 10.2 Å². The average molecular weight is 577 g/mol. The number of anilines is 1. The number of halogens is 2. The summed E-state index contributed by atoms with van der Waals surface area (Å²) < 4.78 is 28.6. The van der Waals surface area contributed by atoms with Crippen LogP contribution in [-0.2, 0) is 26.0 Å². The molecule has 0 radical (unpaired) electrons. The van der Waals surface area contributed by atoms with Gasteiger partial charge < -0.3 is 10.2 Å². The van der Waals surface area contributed by atoms with Gasteiger partial charge in [0, 0.05) is 18.1 Å². The zero-order valence-corrected chi connectivity index (χ0v) is 23.9. The number of nitrogens with zero attached hydrogens (tertiary/aromatic N) is 2. The number of amides is 2. The Morgan fingerprint density at radius 2 is 1.63 bits per heavy atom. The summed E-state index contributed by atoms with van der Waals surface area (Å²) in [6.45, 7) is 5.29. The highest BCUT2D eigenvalue weighted by Crippen LogP contribution is 2.33. The number of likely N-dealkylation sites (N-methyl/N-ethyl adjacent to an activating group) is 1. The Labute approximate surface area is 234 Å². The van der Waals surface area contributed by atoms with Crippen LogP contribution in [-0.4, -0.2) is 50.8 Å². The summed E-state index contributed by atoms with van der Waals surface area (Å²) >= 11 is 12.6. The number of hydrogen-bond acceptors (Lipinski definition) is 4. The molecule has 1 N–H and O–H groups in total. The second-order valence-corrected chi connectivity index (χ2v) is 11.5. The van der Waals surface area contributed by atoms with E-state index in [-0.39, 0.29) is 33.1 Å². The van der Waals surface area contributed by atoms with Crippen molar-refractivity contribution < 1.29 is 18.0 Å². The number of carbonyl (C=O) groups excluding carboxylic acids is 2. The van der Waals surface area contributed by atoms with Crippen LogP contribution in [0.5, 0.6) is 0 Å². The first-order valence-corrected chi connectivity index (χ1v) is 14.4. The number of sulfonamides is 1. The molecule has 0 aliphatic carbocycles. The van der Waals surface area contributed by atoms with Gasteiger partial charge in [-0.15, -0.1) is 0 Å². The topological polar surface area (TPSA) is 86.8 Å². The average Bonchev–Trinajstić information content (AvgIpc) is 2.89. The zero-order chi connectivity index (χ0) is 27.9. The number of benzene rings is 3. The minimum atomic E-state index is -4.22. The van der Waals surface area contributed by atoms with Gasteiger partial charge in [-0.2, -0.15) is 0 Å². The molecule has 0 saturated heterocycles. The second-order valence-electron chi connectivity index (χ2n) is 8.81. The van der Waals surface area contributed by atoms with Crippen molar-refractivity contribution in [3.8, 4) is 0 Å². The number of carbonyl (C=O) groups is 2. The SMILES string of the molecule is CCNC(=O)C(C)N(CCc1ccccc1)C(=O)CN(c1cc(Cl)ccc1Cl)S(=O)(=O)c1ccc(C)cc1. The zero-order valence-electron chi connectivity index (χ0n) is 21.5. The fourth-order valence-corrected chi connectivity index (χ4v) is 5.78. The van der Waals surface area contributed by atoms with E-state index in [0.29, 0.717) is 13.0 Å². The normalized spacial score (nSPS) is 12.0. The van der Waals surface area contributed by atoms with Crippen LogP contribution < -0.4 is 9.62 Å². The summed E-state index contributed by atoms with van der Waals surface area (Å²) in [6.07, 6.45) is 0.485. The molecule has 0 heterocycles. The first-order chi connectivity index (χ1) is 18.0. The number of aryl methyl sites for hydroxylation is 1. The maximum absolute atomic E-state index is 13.8. The number of hydrogen-bond donors (Lipinski definition) is 1. The van der Waals surface area contributed by atoms with E-state index in [9.17, 15) is 18.0 Å². The van der Waals surface area contributed by atoms with E-state index in [1.807, 2.05) is 37.3 Å². The van der Waals surface area contributed by atoms with Crippen LogP contribution in [0.15, 0.2) is 77.7 Å². The fourth-order valence-electron chi connectivity index (χ4n) is 3.92. The molecule has 0 aromatic heterocycles. The molecule has 1 atom stereocenters. The maximum atomic E-state index is 13.8. The van der Waals surface area contributed by atoms with Gasteiger partial charge in [0.25, 0.3) is 10.0 Å². The molecular weight excluding hydrogens is 545 g/mol. The summed E-state index contributed by atoms with van der Waals surface area (Å²) in [5, 5.41) is 3.12. The van der Waals surface area contributed by atoms with E-state index in [1.165, 1.54) is 35.2 Å². The van der Waals surface area contributed by atoms with Crippen molar-refractivity contribution in [2.24, 2.45) is 0 Å². The van der Waals surface area contributed by atoms with Gasteiger partial charge in [-0.3, -0.25) is 13.9 Å². The Hall–Kier alpha value is -3.07. The summed E-state index contributed by atoms with van der Waals surface area (Å²) in [5.41, 5.74) is 1.94. The van der Waals surface area contributed by atoms with E-state index in [4.69, 9.17) is 23.2 Å². The van der Waals surface area contributed by atoms with Gasteiger partial charge in [0.1, 0.15) is 12.6 Å². The highest BCUT2D eigenvalue weighted by Gasteiger charge is 2.33. The Kier molecular flexibility index (Phi) is 10.2. The lowest BCUT2D eigenvalue weighted by Gasteiger charge is -2.32. The third kappa shape index (κ3) is 7.28. The van der Waals surface area contributed by atoms with Crippen LogP contribution in [0.25, 0.3) is 0 Å². The number of rotatable bonds is 11. The Morgan fingerprint density at radius 1 is 0.974 bits per heavy atom. The molecule has 202 valence electrons. The first-order valence-electron chi connectivity index (χ1n) is 12.2. The van der Waals surface area contributed by atoms with E-state index in [0.717, 1.165) is 15.4 Å². The van der Waals surface area contributed by atoms with E-state index >= 15 is 0 Å². The molecule has 3 aromatic rings. The van der Waals surface area contributed by atoms with Crippen molar-refractivity contribution in [2.75, 3.05) is 23.9 Å². The summed E-state index contributed by atoms with van der Waals surface area (Å²) in [5.74, 6) is -0.881. The highest BCUT2D eigenvalue weighted by molar-refractivity contribution is 7.92. The monoisotopic (exact) mass is 575 g/mol. The van der Waals surface area contributed by atoms with E-state index < -0.39 is 28.5 Å². The molecule has 3 rings (SSSR count). The lowest BCUT2D eigenvalue weighted by molar-refractivity contribution is -0.138. The minimum Gasteiger partial charge on any atom is -0.355 e. The third-order valence-electron chi connectivity index (χ3n) is 6.07. The molecule has 0 spiro atoms. The molecule has 0 aliphatic rings. The first kappa shape index (κ1) is 29.5. The summed E-state index contributed by atoms with van der Waals surface area (Å²) in [6, 6.07) is 19.4. The maximum Gasteiger partial charge on any atom is 0.264 e. The van der Waals surface area contributed by atoms with E-state index in [1.54, 1.807) is 26.0 Å². The van der Waals surface area contributed by atoms with Gasteiger partial charge in [0.15, 0.2) is 0 Å². The summed E-state index contributed by atoms with van der Waals surface area (Å²) in [7, 11) is -4.22. The second kappa shape index (κ2) is 13.1. The Balaban J connectivity index is 2.02. The van der Waals surface area contributed by atoms with Crippen LogP contribution in [0.1, 0.15) is 25.0 Å². The van der Waals surface area contributed by atoms with Gasteiger partial charge in [-0.05, 0) is 63.1 Å². The largest absolute Gasteiger partial charge is 0.355 e. The van der Waals surface area contributed by atoms with Crippen LogP contribution in [0.3, 0.4) is 0 Å². The van der Waals surface area contributed by atoms with Crippen LogP contribution >= 0.6 is 23.2 Å². The van der Waals surface area contributed by atoms with Crippen molar-refractivity contribution in [1.29, 1.82) is 0 Å². The third-order valence-corrected chi connectivity index (χ3v) is 8.40. The standard InChI is InChI=1S/C28H31Cl2N3O4S/c1-4-31-28(35)21(3)32(17-16-22-8-6-5-7-9-22)27(34)19-33(26-18-23(29)12-15-25(26)30)38(36,37)24-13-10-20(2)11-14-24/h5-15,18,21H,4,16-17,19H2,1-3H3,(H,31,35). The van der Waals surface area contributed by atoms with Gasteiger partial charge in [-0.1, -0.05) is 71.2 Å². The highest BCUT2D eigenvalue weighted by atomic mass is 35.5. The predicted molar refractivity (Wildman–Crippen MR) is 152 cm³/mol. The minimum absolute atomic E-state index is 0.000415. The van der Waals surface area contributed by atoms with Gasteiger partial charge in [0.05, 0.1) is 15.6 Å². The van der Waals surface area contributed by atoms with Crippen molar-refractivity contribution in [2.45, 2.75) is 38.1 Å². The molecule has 0 aliphatic heterocycles. The Morgan fingerprint density at radius 3 is 2.26 bits per heavy atom. The quantitative estimate of drug-likeness (QED) is 0.345. The molecule has 3 aromatic carbocycles. The molecule has 7 nitrogen and oxygen atoms in total. The van der Waals surface area contributed by atoms with E-state index in [2.05, 4.69) is 5.32 Å². The lowest BCUT2D eigenvalue weighted by Crippen LogP contribution is -2.52. The molecule has 1 unspecified atom stereocenters. The molecule has 10 heteroatoms. The molecule has 0 bridgehead atoms. The molecule has 38 heavy (non-hydrogen) atoms. The molecule has 0 saturated carbocycles.